The maximum Gasteiger partial charge on any atom is 0.241 e. The third-order valence-electron chi connectivity index (χ3n) is 5.14. The molecule has 0 atom stereocenters. The molecule has 1 fully saturated rings. The summed E-state index contributed by atoms with van der Waals surface area (Å²) >= 11 is 0. The van der Waals surface area contributed by atoms with Crippen LogP contribution >= 0.6 is 0 Å². The molecule has 4 rings (SSSR count). The van der Waals surface area contributed by atoms with Crippen LogP contribution in [0.3, 0.4) is 0 Å². The zero-order valence-electron chi connectivity index (χ0n) is 17.4. The number of carbonyl (C=O) groups excluding carboxylic acids is 1. The fourth-order valence-electron chi connectivity index (χ4n) is 3.55. The van der Waals surface area contributed by atoms with Crippen LogP contribution < -0.4 is 15.1 Å². The fourth-order valence-corrected chi connectivity index (χ4v) is 3.55. The first-order valence-corrected chi connectivity index (χ1v) is 10.1. The predicted molar refractivity (Wildman–Crippen MR) is 116 cm³/mol. The Hall–Kier alpha value is -3.27. The van der Waals surface area contributed by atoms with Crippen molar-refractivity contribution in [1.29, 1.82) is 0 Å². The minimum Gasteiger partial charge on any atom is -0.353 e. The molecule has 0 bridgehead atoms. The molecule has 0 radical (unpaired) electrons. The van der Waals surface area contributed by atoms with Crippen LogP contribution in [0.2, 0.25) is 0 Å². The van der Waals surface area contributed by atoms with Crippen LogP contribution in [0.4, 0.5) is 11.6 Å². The Bertz CT molecular complexity index is 980. The van der Waals surface area contributed by atoms with Gasteiger partial charge >= 0.3 is 0 Å². The van der Waals surface area contributed by atoms with Gasteiger partial charge < -0.3 is 20.0 Å². The number of hydrogen-bond donors (Lipinski definition) is 1. The van der Waals surface area contributed by atoms with Gasteiger partial charge in [-0.2, -0.15) is 5.10 Å². The van der Waals surface area contributed by atoms with E-state index in [4.69, 9.17) is 0 Å². The zero-order valence-corrected chi connectivity index (χ0v) is 17.4. The summed E-state index contributed by atoms with van der Waals surface area (Å²) in [5.74, 6) is 1.78. The molecule has 4 heterocycles. The van der Waals surface area contributed by atoms with Crippen molar-refractivity contribution in [2.75, 3.05) is 63.2 Å². The minimum absolute atomic E-state index is 0.0778. The van der Waals surface area contributed by atoms with Crippen molar-refractivity contribution in [3.8, 4) is 0 Å². The van der Waals surface area contributed by atoms with Crippen LogP contribution in [0.25, 0.3) is 11.0 Å². The third kappa shape index (κ3) is 4.48. The van der Waals surface area contributed by atoms with E-state index < -0.39 is 0 Å². The highest BCUT2D eigenvalue weighted by molar-refractivity contribution is 5.88. The Kier molecular flexibility index (Phi) is 6.03. The standard InChI is InChI=1S/C20H27N9O/c1-26(2)8-7-22-18(30)14-29-20-16(13-25-29)19(23-15-24-20)28-11-9-27(10-12-28)17-5-3-4-6-21-17/h3-6,13,15H,7-12,14H2,1-2H3,(H,22,30). The summed E-state index contributed by atoms with van der Waals surface area (Å²) in [4.78, 5) is 32.1. The lowest BCUT2D eigenvalue weighted by atomic mass is 10.2. The Balaban J connectivity index is 1.43. The monoisotopic (exact) mass is 409 g/mol. The summed E-state index contributed by atoms with van der Waals surface area (Å²) in [6.45, 7) is 4.93. The van der Waals surface area contributed by atoms with Gasteiger partial charge in [-0.3, -0.25) is 4.79 Å². The molecule has 0 unspecified atom stereocenters. The van der Waals surface area contributed by atoms with Gasteiger partial charge in [0.1, 0.15) is 24.5 Å². The Morgan fingerprint density at radius 1 is 1.10 bits per heavy atom. The highest BCUT2D eigenvalue weighted by atomic mass is 16.2. The number of hydrogen-bond acceptors (Lipinski definition) is 8. The molecule has 0 spiro atoms. The van der Waals surface area contributed by atoms with Gasteiger partial charge in [-0.1, -0.05) is 6.07 Å². The van der Waals surface area contributed by atoms with Gasteiger partial charge in [0.15, 0.2) is 5.65 Å². The van der Waals surface area contributed by atoms with Gasteiger partial charge in [0, 0.05) is 45.5 Å². The van der Waals surface area contributed by atoms with Gasteiger partial charge in [-0.25, -0.2) is 19.6 Å². The van der Waals surface area contributed by atoms with E-state index in [0.29, 0.717) is 12.2 Å². The number of anilines is 2. The first kappa shape index (κ1) is 20.0. The van der Waals surface area contributed by atoms with Crippen molar-refractivity contribution >= 4 is 28.6 Å². The molecule has 10 heteroatoms. The number of aromatic nitrogens is 5. The summed E-state index contributed by atoms with van der Waals surface area (Å²) in [6.07, 6.45) is 5.12. The molecule has 30 heavy (non-hydrogen) atoms. The van der Waals surface area contributed by atoms with Crippen LogP contribution in [0, 0.1) is 0 Å². The lowest BCUT2D eigenvalue weighted by Crippen LogP contribution is -2.47. The van der Waals surface area contributed by atoms with Crippen LogP contribution in [-0.2, 0) is 11.3 Å². The van der Waals surface area contributed by atoms with Crippen molar-refractivity contribution in [3.63, 3.8) is 0 Å². The summed E-state index contributed by atoms with van der Waals surface area (Å²) in [7, 11) is 3.95. The summed E-state index contributed by atoms with van der Waals surface area (Å²) < 4.78 is 1.63. The average Bonchev–Trinajstić information content (AvgIpc) is 3.17. The molecule has 0 aromatic carbocycles. The predicted octanol–water partition coefficient (Wildman–Crippen LogP) is 0.226. The molecular formula is C20H27N9O. The number of likely N-dealkylation sites (N-methyl/N-ethyl adjacent to an activating group) is 1. The van der Waals surface area contributed by atoms with Gasteiger partial charge in [-0.15, -0.1) is 0 Å². The molecule has 0 aliphatic carbocycles. The molecule has 0 saturated carbocycles. The van der Waals surface area contributed by atoms with E-state index in [1.165, 1.54) is 0 Å². The molecule has 1 amide bonds. The second-order valence-corrected chi connectivity index (χ2v) is 7.55. The van der Waals surface area contributed by atoms with Gasteiger partial charge in [0.05, 0.1) is 11.6 Å². The van der Waals surface area contributed by atoms with Crippen molar-refractivity contribution in [2.24, 2.45) is 0 Å². The maximum absolute atomic E-state index is 12.2. The molecule has 3 aromatic rings. The van der Waals surface area contributed by atoms with Gasteiger partial charge in [0.25, 0.3) is 0 Å². The summed E-state index contributed by atoms with van der Waals surface area (Å²) in [5, 5.41) is 8.17. The molecule has 3 aromatic heterocycles. The van der Waals surface area contributed by atoms with Gasteiger partial charge in [-0.05, 0) is 26.2 Å². The Morgan fingerprint density at radius 2 is 1.90 bits per heavy atom. The van der Waals surface area contributed by atoms with Crippen molar-refractivity contribution in [1.82, 2.24) is 34.9 Å². The van der Waals surface area contributed by atoms with Crippen molar-refractivity contribution in [3.05, 3.63) is 36.9 Å². The zero-order chi connectivity index (χ0) is 20.9. The van der Waals surface area contributed by atoms with E-state index in [2.05, 4.69) is 35.2 Å². The van der Waals surface area contributed by atoms with Crippen LogP contribution in [-0.4, -0.2) is 88.9 Å². The van der Waals surface area contributed by atoms with E-state index >= 15 is 0 Å². The molecule has 1 aliphatic rings. The normalized spacial score (nSPS) is 14.5. The van der Waals surface area contributed by atoms with Crippen molar-refractivity contribution in [2.45, 2.75) is 6.54 Å². The quantitative estimate of drug-likeness (QED) is 0.592. The molecule has 158 valence electrons. The first-order chi connectivity index (χ1) is 14.6. The molecule has 1 saturated heterocycles. The number of fused-ring (bicyclic) bond motifs is 1. The third-order valence-corrected chi connectivity index (χ3v) is 5.14. The highest BCUT2D eigenvalue weighted by Gasteiger charge is 2.22. The van der Waals surface area contributed by atoms with Gasteiger partial charge in [0.2, 0.25) is 5.91 Å². The minimum atomic E-state index is -0.0778. The molecule has 10 nitrogen and oxygen atoms in total. The number of piperazine rings is 1. The lowest BCUT2D eigenvalue weighted by molar-refractivity contribution is -0.121. The SMILES string of the molecule is CN(C)CCNC(=O)Cn1ncc2c(N3CCN(c4ccccn4)CC3)ncnc21. The molecule has 1 N–H and O–H groups in total. The number of nitrogens with zero attached hydrogens (tertiary/aromatic N) is 8. The van der Waals surface area contributed by atoms with Crippen LogP contribution in [0.1, 0.15) is 0 Å². The fraction of sp³-hybridized carbons (Fsp3) is 0.450. The Labute approximate surface area is 175 Å². The second-order valence-electron chi connectivity index (χ2n) is 7.55. The number of nitrogens with one attached hydrogen (secondary N) is 1. The van der Waals surface area contributed by atoms with Crippen molar-refractivity contribution < 1.29 is 4.79 Å². The number of rotatable bonds is 7. The van der Waals surface area contributed by atoms with E-state index in [1.807, 2.05) is 43.4 Å². The molecule has 1 aliphatic heterocycles. The van der Waals surface area contributed by atoms with Crippen LogP contribution in [0.15, 0.2) is 36.9 Å². The highest BCUT2D eigenvalue weighted by Crippen LogP contribution is 2.24. The second kappa shape index (κ2) is 9.04. The van der Waals surface area contributed by atoms with E-state index in [9.17, 15) is 4.79 Å². The van der Waals surface area contributed by atoms with E-state index in [0.717, 1.165) is 49.7 Å². The van der Waals surface area contributed by atoms with E-state index in [1.54, 1.807) is 17.2 Å². The summed E-state index contributed by atoms with van der Waals surface area (Å²) in [5.41, 5.74) is 0.676. The number of amides is 1. The summed E-state index contributed by atoms with van der Waals surface area (Å²) in [6, 6.07) is 5.97. The topological polar surface area (TPSA) is 95.3 Å². The molecular weight excluding hydrogens is 382 g/mol. The largest absolute Gasteiger partial charge is 0.353 e. The average molecular weight is 409 g/mol. The number of pyridine rings is 1. The lowest BCUT2D eigenvalue weighted by Gasteiger charge is -2.36. The maximum atomic E-state index is 12.2. The number of carbonyl (C=O) groups is 1. The Morgan fingerprint density at radius 3 is 2.63 bits per heavy atom. The van der Waals surface area contributed by atoms with Crippen LogP contribution in [0.5, 0.6) is 0 Å². The smallest absolute Gasteiger partial charge is 0.241 e. The van der Waals surface area contributed by atoms with E-state index in [-0.39, 0.29) is 12.5 Å². The first-order valence-electron chi connectivity index (χ1n) is 10.1.